The van der Waals surface area contributed by atoms with E-state index in [1.165, 1.54) is 0 Å². The van der Waals surface area contributed by atoms with Crippen LogP contribution in [0.1, 0.15) is 17.3 Å². The number of anilines is 1. The molecule has 0 saturated heterocycles. The fraction of sp³-hybridized carbons (Fsp3) is 0.222. The quantitative estimate of drug-likeness (QED) is 0.791. The Morgan fingerprint density at radius 1 is 1.04 bits per heavy atom. The highest BCUT2D eigenvalue weighted by atomic mass is 16.5. The fourth-order valence-corrected chi connectivity index (χ4v) is 1.97. The molecule has 1 N–H and O–H groups in total. The van der Waals surface area contributed by atoms with Gasteiger partial charge >= 0.3 is 5.97 Å². The number of esters is 1. The second kappa shape index (κ2) is 8.57. The monoisotopic (exact) mass is 329 g/mol. The maximum Gasteiger partial charge on any atom is 0.338 e. The minimum Gasteiger partial charge on any atom is -0.497 e. The Kier molecular flexibility index (Phi) is 6.19. The molecule has 0 fully saturated rings. The summed E-state index contributed by atoms with van der Waals surface area (Å²) in [6, 6.07) is 13.4. The molecule has 0 saturated carbocycles. The largest absolute Gasteiger partial charge is 0.497 e. The Balaban J connectivity index is 1.85. The van der Waals surface area contributed by atoms with Gasteiger partial charge in [0.1, 0.15) is 11.5 Å². The molecule has 126 valence electrons. The molecule has 0 aliphatic rings. The topological polar surface area (TPSA) is 73.9 Å². The van der Waals surface area contributed by atoms with Crippen LogP contribution in [0.25, 0.3) is 0 Å². The van der Waals surface area contributed by atoms with Crippen molar-refractivity contribution >= 4 is 17.6 Å². The molecule has 24 heavy (non-hydrogen) atoms. The SMILES string of the molecule is CCOc1ccc(C(=O)OCC(=O)Nc2cccc(OC)c2)cc1. The lowest BCUT2D eigenvalue weighted by atomic mass is 10.2. The molecule has 2 aromatic rings. The van der Waals surface area contributed by atoms with E-state index in [2.05, 4.69) is 5.32 Å². The lowest BCUT2D eigenvalue weighted by Crippen LogP contribution is -2.20. The zero-order valence-corrected chi connectivity index (χ0v) is 13.6. The first-order chi connectivity index (χ1) is 11.6. The average Bonchev–Trinajstić information content (AvgIpc) is 2.61. The number of amides is 1. The zero-order chi connectivity index (χ0) is 17.4. The molecule has 1 amide bonds. The highest BCUT2D eigenvalue weighted by Gasteiger charge is 2.11. The van der Waals surface area contributed by atoms with Gasteiger partial charge in [0.15, 0.2) is 6.61 Å². The van der Waals surface area contributed by atoms with Gasteiger partial charge in [-0.25, -0.2) is 4.79 Å². The number of carbonyl (C=O) groups excluding carboxylic acids is 2. The molecule has 2 aromatic carbocycles. The number of rotatable bonds is 7. The summed E-state index contributed by atoms with van der Waals surface area (Å²) < 4.78 is 15.4. The second-order valence-corrected chi connectivity index (χ2v) is 4.81. The summed E-state index contributed by atoms with van der Waals surface area (Å²) in [4.78, 5) is 23.7. The first kappa shape index (κ1) is 17.3. The summed E-state index contributed by atoms with van der Waals surface area (Å²) in [5.41, 5.74) is 0.920. The van der Waals surface area contributed by atoms with Crippen molar-refractivity contribution < 1.29 is 23.8 Å². The van der Waals surface area contributed by atoms with Gasteiger partial charge in [0.2, 0.25) is 0 Å². The first-order valence-corrected chi connectivity index (χ1v) is 7.46. The van der Waals surface area contributed by atoms with Gasteiger partial charge in [-0.15, -0.1) is 0 Å². The van der Waals surface area contributed by atoms with E-state index in [1.807, 2.05) is 6.92 Å². The highest BCUT2D eigenvalue weighted by molar-refractivity contribution is 5.95. The average molecular weight is 329 g/mol. The van der Waals surface area contributed by atoms with E-state index < -0.39 is 11.9 Å². The van der Waals surface area contributed by atoms with E-state index in [1.54, 1.807) is 55.6 Å². The summed E-state index contributed by atoms with van der Waals surface area (Å²) >= 11 is 0. The maximum atomic E-state index is 11.9. The lowest BCUT2D eigenvalue weighted by Gasteiger charge is -2.08. The van der Waals surface area contributed by atoms with Gasteiger partial charge in [0.05, 0.1) is 19.3 Å². The van der Waals surface area contributed by atoms with Crippen LogP contribution >= 0.6 is 0 Å². The summed E-state index contributed by atoms with van der Waals surface area (Å²) in [7, 11) is 1.54. The van der Waals surface area contributed by atoms with Gasteiger partial charge in [-0.2, -0.15) is 0 Å². The van der Waals surface area contributed by atoms with Crippen molar-refractivity contribution in [2.45, 2.75) is 6.92 Å². The molecule has 0 bridgehead atoms. The molecule has 0 aliphatic carbocycles. The van der Waals surface area contributed by atoms with E-state index in [9.17, 15) is 9.59 Å². The predicted octanol–water partition coefficient (Wildman–Crippen LogP) is 2.89. The Hall–Kier alpha value is -3.02. The van der Waals surface area contributed by atoms with Crippen molar-refractivity contribution in [1.82, 2.24) is 0 Å². The van der Waals surface area contributed by atoms with E-state index in [4.69, 9.17) is 14.2 Å². The van der Waals surface area contributed by atoms with Crippen LogP contribution in [-0.4, -0.2) is 32.2 Å². The summed E-state index contributed by atoms with van der Waals surface area (Å²) in [5.74, 6) is 0.297. The van der Waals surface area contributed by atoms with Gasteiger partial charge in [-0.1, -0.05) is 6.07 Å². The van der Waals surface area contributed by atoms with Gasteiger partial charge < -0.3 is 19.5 Å². The lowest BCUT2D eigenvalue weighted by molar-refractivity contribution is -0.119. The molecule has 6 nitrogen and oxygen atoms in total. The molecule has 0 aromatic heterocycles. The third-order valence-electron chi connectivity index (χ3n) is 3.09. The Morgan fingerprint density at radius 3 is 2.46 bits per heavy atom. The standard InChI is InChI=1S/C18H19NO5/c1-3-23-15-9-7-13(8-10-15)18(21)24-12-17(20)19-14-5-4-6-16(11-14)22-2/h4-11H,3,12H2,1-2H3,(H,19,20). The van der Waals surface area contributed by atoms with Crippen molar-refractivity contribution in [2.75, 3.05) is 25.6 Å². The Labute approximate surface area is 140 Å². The number of methoxy groups -OCH3 is 1. The molecular formula is C18H19NO5. The van der Waals surface area contributed by atoms with Gasteiger partial charge in [0, 0.05) is 11.8 Å². The highest BCUT2D eigenvalue weighted by Crippen LogP contribution is 2.16. The molecule has 6 heteroatoms. The van der Waals surface area contributed by atoms with Crippen molar-refractivity contribution in [3.63, 3.8) is 0 Å². The molecule has 0 unspecified atom stereocenters. The summed E-state index contributed by atoms with van der Waals surface area (Å²) in [6.07, 6.45) is 0. The molecule has 0 spiro atoms. The maximum absolute atomic E-state index is 11.9. The van der Waals surface area contributed by atoms with Crippen LogP contribution < -0.4 is 14.8 Å². The van der Waals surface area contributed by atoms with Crippen molar-refractivity contribution in [1.29, 1.82) is 0 Å². The number of nitrogens with one attached hydrogen (secondary N) is 1. The third-order valence-corrected chi connectivity index (χ3v) is 3.09. The van der Waals surface area contributed by atoms with Crippen LogP contribution in [0.15, 0.2) is 48.5 Å². The van der Waals surface area contributed by atoms with Crippen LogP contribution in [-0.2, 0) is 9.53 Å². The van der Waals surface area contributed by atoms with Crippen LogP contribution in [0.4, 0.5) is 5.69 Å². The summed E-state index contributed by atoms with van der Waals surface area (Å²) in [6.45, 7) is 2.06. The van der Waals surface area contributed by atoms with Crippen LogP contribution in [0.5, 0.6) is 11.5 Å². The van der Waals surface area contributed by atoms with E-state index >= 15 is 0 Å². The summed E-state index contributed by atoms with van der Waals surface area (Å²) in [5, 5.41) is 2.63. The fourth-order valence-electron chi connectivity index (χ4n) is 1.97. The molecule has 0 heterocycles. The number of hydrogen-bond donors (Lipinski definition) is 1. The molecular weight excluding hydrogens is 310 g/mol. The van der Waals surface area contributed by atoms with Crippen LogP contribution in [0, 0.1) is 0 Å². The molecule has 2 rings (SSSR count). The van der Waals surface area contributed by atoms with E-state index in [0.717, 1.165) is 0 Å². The van der Waals surface area contributed by atoms with Gasteiger partial charge in [0.25, 0.3) is 5.91 Å². The smallest absolute Gasteiger partial charge is 0.338 e. The number of benzene rings is 2. The van der Waals surface area contributed by atoms with Gasteiger partial charge in [-0.05, 0) is 43.3 Å². The van der Waals surface area contributed by atoms with Crippen molar-refractivity contribution in [3.8, 4) is 11.5 Å². The normalized spacial score (nSPS) is 9.92. The zero-order valence-electron chi connectivity index (χ0n) is 13.6. The van der Waals surface area contributed by atoms with Crippen molar-refractivity contribution in [3.05, 3.63) is 54.1 Å². The van der Waals surface area contributed by atoms with Crippen LogP contribution in [0.3, 0.4) is 0 Å². The minimum atomic E-state index is -0.571. The van der Waals surface area contributed by atoms with Crippen molar-refractivity contribution in [2.24, 2.45) is 0 Å². The number of hydrogen-bond acceptors (Lipinski definition) is 5. The predicted molar refractivity (Wildman–Crippen MR) is 89.5 cm³/mol. The number of ether oxygens (including phenoxy) is 3. The molecule has 0 radical (unpaired) electrons. The minimum absolute atomic E-state index is 0.354. The number of carbonyl (C=O) groups is 2. The second-order valence-electron chi connectivity index (χ2n) is 4.81. The molecule has 0 atom stereocenters. The third kappa shape index (κ3) is 5.01. The van der Waals surface area contributed by atoms with Gasteiger partial charge in [-0.3, -0.25) is 4.79 Å². The first-order valence-electron chi connectivity index (χ1n) is 7.46. The Morgan fingerprint density at radius 2 is 1.79 bits per heavy atom. The van der Waals surface area contributed by atoms with Crippen LogP contribution in [0.2, 0.25) is 0 Å². The molecule has 0 aliphatic heterocycles. The van der Waals surface area contributed by atoms with E-state index in [0.29, 0.717) is 29.4 Å². The Bertz CT molecular complexity index is 697. The van der Waals surface area contributed by atoms with E-state index in [-0.39, 0.29) is 6.61 Å².